The maximum Gasteiger partial charge on any atom is 0.280 e. The molecule has 3 aliphatic rings. The van der Waals surface area contributed by atoms with Crippen molar-refractivity contribution in [2.45, 2.75) is 56.1 Å². The zero-order valence-corrected chi connectivity index (χ0v) is 21.3. The van der Waals surface area contributed by atoms with Gasteiger partial charge >= 0.3 is 0 Å². The van der Waals surface area contributed by atoms with Crippen molar-refractivity contribution in [3.63, 3.8) is 0 Å². The van der Waals surface area contributed by atoms with Crippen molar-refractivity contribution in [1.82, 2.24) is 19.2 Å². The van der Waals surface area contributed by atoms with E-state index in [1.54, 1.807) is 24.4 Å². The third-order valence-corrected chi connectivity index (χ3v) is 9.15. The van der Waals surface area contributed by atoms with Crippen LogP contribution in [0.15, 0.2) is 42.6 Å². The second-order valence-corrected chi connectivity index (χ2v) is 12.0. The molecule has 3 fully saturated rings. The van der Waals surface area contributed by atoms with Gasteiger partial charge in [-0.25, -0.2) is 13.2 Å². The predicted octanol–water partition coefficient (Wildman–Crippen LogP) is 3.34. The molecule has 1 aromatic heterocycles. The number of alkyl halides is 2. The lowest BCUT2D eigenvalue weighted by Gasteiger charge is -2.42. The minimum atomic E-state index is -4.02. The van der Waals surface area contributed by atoms with Gasteiger partial charge in [-0.15, -0.1) is 5.10 Å². The highest BCUT2D eigenvalue weighted by Gasteiger charge is 2.50. The Balaban J connectivity index is 1.20. The first-order valence-electron chi connectivity index (χ1n) is 12.7. The molecular weight excluding hydrogens is 507 g/mol. The lowest BCUT2D eigenvalue weighted by molar-refractivity contribution is -0.0952. The summed E-state index contributed by atoms with van der Waals surface area (Å²) in [7, 11) is -4.02. The number of hydrogen-bond acceptors (Lipinski definition) is 6. The molecule has 8 nitrogen and oxygen atoms in total. The number of anilines is 1. The molecule has 1 N–H and O–H groups in total. The maximum absolute atomic E-state index is 13.6. The molecule has 0 radical (unpaired) electrons. The fourth-order valence-corrected chi connectivity index (χ4v) is 7.07. The summed E-state index contributed by atoms with van der Waals surface area (Å²) in [6, 6.07) is 9.94. The fourth-order valence-electron chi connectivity index (χ4n) is 5.51. The number of piperidine rings is 1. The molecule has 1 saturated carbocycles. The average molecular weight is 540 g/mol. The molecule has 0 bridgehead atoms. The molecule has 3 heterocycles. The molecule has 37 heavy (non-hydrogen) atoms. The normalized spacial score (nSPS) is 28.6. The largest absolute Gasteiger partial charge is 0.378 e. The summed E-state index contributed by atoms with van der Waals surface area (Å²) < 4.78 is 75.5. The van der Waals surface area contributed by atoms with Gasteiger partial charge in [0, 0.05) is 31.2 Å². The van der Waals surface area contributed by atoms with Crippen LogP contribution in [0.25, 0.3) is 0 Å². The Morgan fingerprint density at radius 1 is 1.08 bits per heavy atom. The smallest absolute Gasteiger partial charge is 0.280 e. The third kappa shape index (κ3) is 6.42. The van der Waals surface area contributed by atoms with Gasteiger partial charge in [0.2, 0.25) is 0 Å². The zero-order chi connectivity index (χ0) is 26.0. The Kier molecular flexibility index (Phi) is 7.71. The standard InChI is InChI=1S/C25H32F3N5O3S/c26-21-4-1-3-19(13-21)18-6-8-22(9-7-18)36-15-20-14-32(24-5-2-11-29-30-24)12-10-23(20)31-37(34,35)33-16-25(27,28)17-33/h1-5,11,13,18,20,22-23,31H,6-10,12,14-17H2/t18-,20?,22+,23?. The number of hydrogen-bond donors (Lipinski definition) is 1. The summed E-state index contributed by atoms with van der Waals surface area (Å²) in [5.41, 5.74) is 1.01. The summed E-state index contributed by atoms with van der Waals surface area (Å²) >= 11 is 0. The van der Waals surface area contributed by atoms with Crippen molar-refractivity contribution in [2.24, 2.45) is 5.92 Å². The molecular formula is C25H32F3N5O3S. The molecule has 2 aliphatic heterocycles. The average Bonchev–Trinajstić information content (AvgIpc) is 2.87. The number of nitrogens with one attached hydrogen (secondary N) is 1. The lowest BCUT2D eigenvalue weighted by Crippen LogP contribution is -2.63. The van der Waals surface area contributed by atoms with Gasteiger partial charge in [-0.2, -0.15) is 22.5 Å². The number of nitrogens with zero attached hydrogens (tertiary/aromatic N) is 4. The Morgan fingerprint density at radius 2 is 1.86 bits per heavy atom. The highest BCUT2D eigenvalue weighted by atomic mass is 32.2. The van der Waals surface area contributed by atoms with Crippen LogP contribution < -0.4 is 9.62 Å². The van der Waals surface area contributed by atoms with E-state index in [1.165, 1.54) is 6.07 Å². The van der Waals surface area contributed by atoms with E-state index in [2.05, 4.69) is 14.9 Å². The minimum absolute atomic E-state index is 0.0306. The number of aromatic nitrogens is 2. The van der Waals surface area contributed by atoms with Crippen LogP contribution in [-0.4, -0.2) is 73.8 Å². The van der Waals surface area contributed by atoms with E-state index < -0.39 is 35.3 Å². The van der Waals surface area contributed by atoms with Crippen molar-refractivity contribution < 1.29 is 26.3 Å². The Bertz CT molecular complexity index is 1160. The van der Waals surface area contributed by atoms with E-state index in [0.29, 0.717) is 37.9 Å². The predicted molar refractivity (Wildman–Crippen MR) is 132 cm³/mol. The van der Waals surface area contributed by atoms with Gasteiger partial charge in [0.25, 0.3) is 16.1 Å². The van der Waals surface area contributed by atoms with Gasteiger partial charge in [-0.05, 0) is 67.9 Å². The van der Waals surface area contributed by atoms with Crippen molar-refractivity contribution in [2.75, 3.05) is 37.7 Å². The summed E-state index contributed by atoms with van der Waals surface area (Å²) in [5, 5.41) is 8.11. The van der Waals surface area contributed by atoms with Crippen molar-refractivity contribution >= 4 is 16.0 Å². The summed E-state index contributed by atoms with van der Waals surface area (Å²) in [5.74, 6) is -2.40. The molecule has 12 heteroatoms. The van der Waals surface area contributed by atoms with Gasteiger partial charge in [0.1, 0.15) is 5.82 Å². The molecule has 0 spiro atoms. The van der Waals surface area contributed by atoms with Gasteiger partial charge in [-0.1, -0.05) is 12.1 Å². The summed E-state index contributed by atoms with van der Waals surface area (Å²) in [6.45, 7) is -0.208. The topological polar surface area (TPSA) is 87.7 Å². The van der Waals surface area contributed by atoms with Gasteiger partial charge in [0.15, 0.2) is 5.82 Å². The molecule has 2 aromatic rings. The first-order chi connectivity index (χ1) is 17.7. The second kappa shape index (κ2) is 10.8. The maximum atomic E-state index is 13.6. The Hall–Kier alpha value is -2.28. The fraction of sp³-hybridized carbons (Fsp3) is 0.600. The van der Waals surface area contributed by atoms with Crippen LogP contribution in [0.1, 0.15) is 43.6 Å². The van der Waals surface area contributed by atoms with Crippen LogP contribution in [0.2, 0.25) is 0 Å². The molecule has 2 saturated heterocycles. The minimum Gasteiger partial charge on any atom is -0.378 e. The van der Waals surface area contributed by atoms with E-state index >= 15 is 0 Å². The van der Waals surface area contributed by atoms with Crippen molar-refractivity contribution in [3.05, 3.63) is 54.0 Å². The van der Waals surface area contributed by atoms with Gasteiger partial charge in [0.05, 0.1) is 25.8 Å². The van der Waals surface area contributed by atoms with Gasteiger partial charge in [-0.3, -0.25) is 0 Å². The first kappa shape index (κ1) is 26.3. The molecule has 2 atom stereocenters. The summed E-state index contributed by atoms with van der Waals surface area (Å²) in [4.78, 5) is 2.05. The van der Waals surface area contributed by atoms with E-state index in [0.717, 1.165) is 35.6 Å². The van der Waals surface area contributed by atoms with Crippen LogP contribution in [0.4, 0.5) is 19.0 Å². The number of halogens is 3. The van der Waals surface area contributed by atoms with E-state index in [-0.39, 0.29) is 17.8 Å². The third-order valence-electron chi connectivity index (χ3n) is 7.61. The van der Waals surface area contributed by atoms with Gasteiger partial charge < -0.3 is 9.64 Å². The van der Waals surface area contributed by atoms with Crippen LogP contribution in [-0.2, 0) is 14.9 Å². The molecule has 1 aromatic carbocycles. The van der Waals surface area contributed by atoms with Crippen molar-refractivity contribution in [3.8, 4) is 0 Å². The van der Waals surface area contributed by atoms with Crippen LogP contribution in [0, 0.1) is 11.7 Å². The first-order valence-corrected chi connectivity index (χ1v) is 14.2. The highest BCUT2D eigenvalue weighted by Crippen LogP contribution is 2.35. The quantitative estimate of drug-likeness (QED) is 0.554. The van der Waals surface area contributed by atoms with Crippen LogP contribution in [0.5, 0.6) is 0 Å². The Labute approximate surface area is 215 Å². The second-order valence-electron chi connectivity index (χ2n) is 10.3. The molecule has 202 valence electrons. The highest BCUT2D eigenvalue weighted by molar-refractivity contribution is 7.87. The van der Waals surface area contributed by atoms with E-state index in [4.69, 9.17) is 4.74 Å². The number of ether oxygens (including phenoxy) is 1. The molecule has 0 amide bonds. The van der Waals surface area contributed by atoms with Crippen LogP contribution in [0.3, 0.4) is 0 Å². The van der Waals surface area contributed by atoms with Crippen molar-refractivity contribution in [1.29, 1.82) is 0 Å². The Morgan fingerprint density at radius 3 is 2.54 bits per heavy atom. The SMILES string of the molecule is O=S(=O)(NC1CCN(c2cccnn2)CC1CO[C@H]1CC[C@@H](c2cccc(F)c2)CC1)N1CC(F)(F)C1. The number of rotatable bonds is 8. The summed E-state index contributed by atoms with van der Waals surface area (Å²) in [6.07, 6.45) is 5.56. The zero-order valence-electron chi connectivity index (χ0n) is 20.5. The molecule has 1 aliphatic carbocycles. The number of benzene rings is 1. The lowest BCUT2D eigenvalue weighted by atomic mass is 9.82. The van der Waals surface area contributed by atoms with Crippen LogP contribution >= 0.6 is 0 Å². The van der Waals surface area contributed by atoms with E-state index in [1.807, 2.05) is 17.0 Å². The molecule has 5 rings (SSSR count). The molecule has 2 unspecified atom stereocenters. The van der Waals surface area contributed by atoms with E-state index in [9.17, 15) is 21.6 Å². The monoisotopic (exact) mass is 539 g/mol.